The number of rotatable bonds is 5. The van der Waals surface area contributed by atoms with Gasteiger partial charge in [-0.1, -0.05) is 12.1 Å². The van der Waals surface area contributed by atoms with E-state index < -0.39 is 5.82 Å². The van der Waals surface area contributed by atoms with Crippen molar-refractivity contribution < 1.29 is 19.0 Å². The number of benzene rings is 1. The van der Waals surface area contributed by atoms with Gasteiger partial charge in [0.2, 0.25) is 5.91 Å². The molecule has 1 aromatic carbocycles. The summed E-state index contributed by atoms with van der Waals surface area (Å²) in [7, 11) is 0. The molecule has 1 aliphatic rings. The van der Waals surface area contributed by atoms with Crippen molar-refractivity contribution in [1.82, 2.24) is 10.6 Å². The van der Waals surface area contributed by atoms with E-state index in [1.54, 1.807) is 6.07 Å². The Kier molecular flexibility index (Phi) is 5.46. The van der Waals surface area contributed by atoms with E-state index in [-0.39, 0.29) is 30.7 Å². The Morgan fingerprint density at radius 3 is 3.05 bits per heavy atom. The summed E-state index contributed by atoms with van der Waals surface area (Å²) in [5.41, 5.74) is 0.921. The third kappa shape index (κ3) is 4.26. The minimum atomic E-state index is -0.457. The molecule has 1 amide bonds. The molecule has 0 spiro atoms. The number of morpholine rings is 1. The van der Waals surface area contributed by atoms with Crippen LogP contribution in [0.15, 0.2) is 18.2 Å². The van der Waals surface area contributed by atoms with Gasteiger partial charge in [0.15, 0.2) is 0 Å². The van der Waals surface area contributed by atoms with Crippen LogP contribution in [0.3, 0.4) is 0 Å². The largest absolute Gasteiger partial charge is 0.392 e. The fraction of sp³-hybridized carbons (Fsp3) is 0.500. The van der Waals surface area contributed by atoms with Gasteiger partial charge in [0, 0.05) is 31.1 Å². The van der Waals surface area contributed by atoms with Crippen molar-refractivity contribution in [3.05, 3.63) is 35.1 Å². The molecule has 6 heteroatoms. The number of amides is 1. The lowest BCUT2D eigenvalue weighted by Gasteiger charge is -2.23. The average molecular weight is 282 g/mol. The van der Waals surface area contributed by atoms with Gasteiger partial charge in [0.25, 0.3) is 0 Å². The minimum Gasteiger partial charge on any atom is -0.392 e. The Morgan fingerprint density at radius 1 is 1.55 bits per heavy atom. The van der Waals surface area contributed by atoms with Crippen molar-refractivity contribution in [3.8, 4) is 0 Å². The maximum absolute atomic E-state index is 13.4. The van der Waals surface area contributed by atoms with E-state index in [0.29, 0.717) is 25.2 Å². The highest BCUT2D eigenvalue weighted by Gasteiger charge is 2.16. The Bertz CT molecular complexity index is 462. The smallest absolute Gasteiger partial charge is 0.221 e. The van der Waals surface area contributed by atoms with Gasteiger partial charge < -0.3 is 20.5 Å². The number of nitrogens with one attached hydrogen (secondary N) is 2. The van der Waals surface area contributed by atoms with Crippen LogP contribution in [0.1, 0.15) is 17.5 Å². The zero-order chi connectivity index (χ0) is 14.4. The van der Waals surface area contributed by atoms with E-state index in [9.17, 15) is 9.18 Å². The monoisotopic (exact) mass is 282 g/mol. The number of ether oxygens (including phenoxy) is 1. The first kappa shape index (κ1) is 14.9. The molecule has 0 radical (unpaired) electrons. The van der Waals surface area contributed by atoms with Gasteiger partial charge in [0.1, 0.15) is 5.82 Å². The minimum absolute atomic E-state index is 0.0391. The second kappa shape index (κ2) is 7.33. The lowest BCUT2D eigenvalue weighted by Crippen LogP contribution is -2.44. The van der Waals surface area contributed by atoms with Crippen LogP contribution in [0.25, 0.3) is 0 Å². The third-order valence-corrected chi connectivity index (χ3v) is 3.21. The SMILES string of the molecule is O=C(CC1COCCN1)NCc1ccc(CO)c(F)c1. The van der Waals surface area contributed by atoms with Gasteiger partial charge in [-0.05, 0) is 11.6 Å². The van der Waals surface area contributed by atoms with Crippen LogP contribution in [0.2, 0.25) is 0 Å². The summed E-state index contributed by atoms with van der Waals surface area (Å²) < 4.78 is 18.7. The molecule has 1 heterocycles. The first-order chi connectivity index (χ1) is 9.69. The summed E-state index contributed by atoms with van der Waals surface area (Å²) in [4.78, 5) is 11.8. The molecule has 1 saturated heterocycles. The Hall–Kier alpha value is -1.50. The molecule has 1 aliphatic heterocycles. The van der Waals surface area contributed by atoms with E-state index in [1.165, 1.54) is 12.1 Å². The number of hydrogen-bond acceptors (Lipinski definition) is 4. The fourth-order valence-electron chi connectivity index (χ4n) is 2.08. The summed E-state index contributed by atoms with van der Waals surface area (Å²) in [6.45, 7) is 1.91. The van der Waals surface area contributed by atoms with E-state index in [4.69, 9.17) is 9.84 Å². The molecule has 0 aromatic heterocycles. The highest BCUT2D eigenvalue weighted by Crippen LogP contribution is 2.10. The number of aliphatic hydroxyl groups excluding tert-OH is 1. The van der Waals surface area contributed by atoms with Crippen LogP contribution >= 0.6 is 0 Å². The molecule has 2 rings (SSSR count). The van der Waals surface area contributed by atoms with Gasteiger partial charge in [-0.3, -0.25) is 4.79 Å². The average Bonchev–Trinajstić information content (AvgIpc) is 2.46. The predicted molar refractivity (Wildman–Crippen MR) is 71.4 cm³/mol. The highest BCUT2D eigenvalue weighted by atomic mass is 19.1. The van der Waals surface area contributed by atoms with Crippen LogP contribution in [0, 0.1) is 5.82 Å². The summed E-state index contributed by atoms with van der Waals surface area (Å²) in [5.74, 6) is -0.554. The molecule has 0 saturated carbocycles. The molecule has 5 nitrogen and oxygen atoms in total. The van der Waals surface area contributed by atoms with E-state index in [0.717, 1.165) is 6.54 Å². The number of carbonyl (C=O) groups excluding carboxylic acids is 1. The van der Waals surface area contributed by atoms with Gasteiger partial charge >= 0.3 is 0 Å². The molecule has 0 bridgehead atoms. The standard InChI is InChI=1S/C14H19FN2O3/c15-13-5-10(1-2-11(13)8-18)7-17-14(19)6-12-9-20-4-3-16-12/h1-2,5,12,16,18H,3-4,6-9H2,(H,17,19). The van der Waals surface area contributed by atoms with Gasteiger partial charge in [-0.2, -0.15) is 0 Å². The molecular weight excluding hydrogens is 263 g/mol. The van der Waals surface area contributed by atoms with Gasteiger partial charge in [0.05, 0.1) is 19.8 Å². The number of carbonyl (C=O) groups is 1. The van der Waals surface area contributed by atoms with Gasteiger partial charge in [-0.15, -0.1) is 0 Å². The topological polar surface area (TPSA) is 70.6 Å². The van der Waals surface area contributed by atoms with Crippen LogP contribution in [0.5, 0.6) is 0 Å². The van der Waals surface area contributed by atoms with Crippen LogP contribution in [-0.4, -0.2) is 36.8 Å². The summed E-state index contributed by atoms with van der Waals surface area (Å²) in [5, 5.41) is 14.8. The Balaban J connectivity index is 1.79. The first-order valence-electron chi connectivity index (χ1n) is 6.65. The fourth-order valence-corrected chi connectivity index (χ4v) is 2.08. The maximum Gasteiger partial charge on any atom is 0.221 e. The molecule has 0 aliphatic carbocycles. The lowest BCUT2D eigenvalue weighted by molar-refractivity contribution is -0.122. The molecule has 1 fully saturated rings. The van der Waals surface area contributed by atoms with Crippen molar-refractivity contribution in [3.63, 3.8) is 0 Å². The van der Waals surface area contributed by atoms with Crippen LogP contribution in [-0.2, 0) is 22.7 Å². The third-order valence-electron chi connectivity index (χ3n) is 3.21. The molecule has 3 N–H and O–H groups in total. The van der Waals surface area contributed by atoms with Gasteiger partial charge in [-0.25, -0.2) is 4.39 Å². The van der Waals surface area contributed by atoms with Crippen LogP contribution < -0.4 is 10.6 Å². The Morgan fingerprint density at radius 2 is 2.40 bits per heavy atom. The van der Waals surface area contributed by atoms with Crippen molar-refractivity contribution in [2.24, 2.45) is 0 Å². The predicted octanol–water partition coefficient (Wildman–Crippen LogP) is 0.313. The summed E-state index contributed by atoms with van der Waals surface area (Å²) in [6, 6.07) is 4.58. The molecular formula is C14H19FN2O3. The van der Waals surface area contributed by atoms with Crippen molar-refractivity contribution in [1.29, 1.82) is 0 Å². The summed E-state index contributed by atoms with van der Waals surface area (Å²) >= 11 is 0. The van der Waals surface area contributed by atoms with Crippen molar-refractivity contribution >= 4 is 5.91 Å². The molecule has 1 unspecified atom stereocenters. The van der Waals surface area contributed by atoms with E-state index >= 15 is 0 Å². The molecule has 1 aromatic rings. The molecule has 1 atom stereocenters. The number of aliphatic hydroxyl groups is 1. The van der Waals surface area contributed by atoms with E-state index in [1.807, 2.05) is 0 Å². The van der Waals surface area contributed by atoms with E-state index in [2.05, 4.69) is 10.6 Å². The zero-order valence-electron chi connectivity index (χ0n) is 11.2. The highest BCUT2D eigenvalue weighted by molar-refractivity contribution is 5.76. The van der Waals surface area contributed by atoms with Crippen molar-refractivity contribution in [2.75, 3.05) is 19.8 Å². The first-order valence-corrected chi connectivity index (χ1v) is 6.65. The second-order valence-electron chi connectivity index (χ2n) is 4.79. The molecule has 110 valence electrons. The lowest BCUT2D eigenvalue weighted by atomic mass is 10.1. The molecule has 20 heavy (non-hydrogen) atoms. The number of hydrogen-bond donors (Lipinski definition) is 3. The zero-order valence-corrected chi connectivity index (χ0v) is 11.2. The quantitative estimate of drug-likeness (QED) is 0.727. The summed E-state index contributed by atoms with van der Waals surface area (Å²) in [6.07, 6.45) is 0.344. The number of halogens is 1. The Labute approximate surface area is 117 Å². The van der Waals surface area contributed by atoms with Crippen LogP contribution in [0.4, 0.5) is 4.39 Å². The van der Waals surface area contributed by atoms with Crippen molar-refractivity contribution in [2.45, 2.75) is 25.6 Å². The maximum atomic E-state index is 13.4. The normalized spacial score (nSPS) is 18.8. The second-order valence-corrected chi connectivity index (χ2v) is 4.79.